The minimum absolute atomic E-state index is 0.0416. The smallest absolute Gasteiger partial charge is 0.359 e. The number of para-hydroxylation sites is 1. The average Bonchev–Trinajstić information content (AvgIpc) is 2.63. The number of aromatic amines is 1. The number of H-pyrrole nitrogens is 1. The lowest BCUT2D eigenvalue weighted by Crippen LogP contribution is -2.23. The highest BCUT2D eigenvalue weighted by atomic mass is 16.5. The van der Waals surface area contributed by atoms with E-state index in [2.05, 4.69) is 15.5 Å². The van der Waals surface area contributed by atoms with Gasteiger partial charge in [-0.3, -0.25) is 9.59 Å². The molecule has 0 saturated carbocycles. The molecule has 7 heteroatoms. The van der Waals surface area contributed by atoms with Crippen molar-refractivity contribution >= 4 is 28.3 Å². The number of carbonyl (C=O) groups excluding carboxylic acids is 2. The van der Waals surface area contributed by atoms with Crippen LogP contribution in [0, 0.1) is 13.8 Å². The second-order valence-corrected chi connectivity index (χ2v) is 5.84. The summed E-state index contributed by atoms with van der Waals surface area (Å²) in [5, 5.41) is 9.45. The van der Waals surface area contributed by atoms with Gasteiger partial charge in [0.05, 0.1) is 5.39 Å². The molecular weight excluding hydrogens is 334 g/mol. The number of ether oxygens (including phenoxy) is 1. The number of amides is 1. The number of benzene rings is 2. The third-order valence-corrected chi connectivity index (χ3v) is 3.97. The molecule has 3 rings (SSSR count). The Bertz CT molecular complexity index is 1040. The van der Waals surface area contributed by atoms with Crippen molar-refractivity contribution in [1.82, 2.24) is 10.2 Å². The van der Waals surface area contributed by atoms with Gasteiger partial charge in [0.1, 0.15) is 0 Å². The predicted octanol–water partition coefficient (Wildman–Crippen LogP) is 2.34. The van der Waals surface area contributed by atoms with Crippen LogP contribution in [0.2, 0.25) is 0 Å². The first-order chi connectivity index (χ1) is 12.5. The Morgan fingerprint density at radius 2 is 1.69 bits per heavy atom. The highest BCUT2D eigenvalue weighted by molar-refractivity contribution is 6.03. The third kappa shape index (κ3) is 3.46. The van der Waals surface area contributed by atoms with Crippen molar-refractivity contribution in [3.8, 4) is 0 Å². The maximum atomic E-state index is 12.3. The largest absolute Gasteiger partial charge is 0.451 e. The van der Waals surface area contributed by atoms with Crippen LogP contribution >= 0.6 is 0 Å². The summed E-state index contributed by atoms with van der Waals surface area (Å²) in [6, 6.07) is 12.2. The number of esters is 1. The van der Waals surface area contributed by atoms with E-state index in [1.54, 1.807) is 24.3 Å². The van der Waals surface area contributed by atoms with E-state index in [1.807, 2.05) is 32.0 Å². The number of hydrogen-bond donors (Lipinski definition) is 2. The number of fused-ring (bicyclic) bond motifs is 1. The first-order valence-electron chi connectivity index (χ1n) is 7.98. The number of nitrogens with one attached hydrogen (secondary N) is 2. The zero-order chi connectivity index (χ0) is 18.7. The van der Waals surface area contributed by atoms with Crippen molar-refractivity contribution in [3.05, 3.63) is 69.6 Å². The molecule has 0 spiro atoms. The number of anilines is 1. The van der Waals surface area contributed by atoms with E-state index in [0.717, 1.165) is 11.1 Å². The molecule has 1 aromatic heterocycles. The van der Waals surface area contributed by atoms with Crippen molar-refractivity contribution in [2.45, 2.75) is 13.8 Å². The summed E-state index contributed by atoms with van der Waals surface area (Å²) in [6.45, 7) is 3.30. The van der Waals surface area contributed by atoms with Gasteiger partial charge in [-0.2, -0.15) is 5.10 Å². The van der Waals surface area contributed by atoms with E-state index in [9.17, 15) is 14.4 Å². The van der Waals surface area contributed by atoms with Gasteiger partial charge in [0.15, 0.2) is 12.3 Å². The Morgan fingerprint density at radius 1 is 1.04 bits per heavy atom. The second kappa shape index (κ2) is 7.18. The summed E-state index contributed by atoms with van der Waals surface area (Å²) in [4.78, 5) is 36.1. The van der Waals surface area contributed by atoms with Gasteiger partial charge in [0.2, 0.25) is 0 Å². The van der Waals surface area contributed by atoms with Crippen LogP contribution in [0.4, 0.5) is 5.69 Å². The number of hydrogen-bond acceptors (Lipinski definition) is 5. The molecule has 2 N–H and O–H groups in total. The lowest BCUT2D eigenvalue weighted by Gasteiger charge is -2.11. The number of aromatic nitrogens is 2. The summed E-state index contributed by atoms with van der Waals surface area (Å²) in [5.41, 5.74) is 2.09. The van der Waals surface area contributed by atoms with Crippen molar-refractivity contribution in [2.75, 3.05) is 11.9 Å². The lowest BCUT2D eigenvalue weighted by molar-refractivity contribution is -0.119. The van der Waals surface area contributed by atoms with Gasteiger partial charge in [0, 0.05) is 11.1 Å². The summed E-state index contributed by atoms with van der Waals surface area (Å²) < 4.78 is 5.05. The van der Waals surface area contributed by atoms with Crippen LogP contribution in [-0.4, -0.2) is 28.7 Å². The van der Waals surface area contributed by atoms with Crippen LogP contribution in [0.15, 0.2) is 47.3 Å². The van der Waals surface area contributed by atoms with Gasteiger partial charge in [0.25, 0.3) is 11.5 Å². The Labute approximate surface area is 149 Å². The van der Waals surface area contributed by atoms with Crippen molar-refractivity contribution in [3.63, 3.8) is 0 Å². The van der Waals surface area contributed by atoms with E-state index < -0.39 is 24.0 Å². The molecule has 26 heavy (non-hydrogen) atoms. The molecule has 0 atom stereocenters. The normalized spacial score (nSPS) is 10.5. The standard InChI is InChI=1S/C19H17N3O4/c1-11-6-5-7-12(2)16(11)20-15(23)10-26-19(25)17-13-8-3-4-9-14(13)18(24)22-21-17/h3-9H,10H2,1-2H3,(H,20,23)(H,22,24). The molecule has 0 radical (unpaired) electrons. The van der Waals surface area contributed by atoms with Crippen molar-refractivity contribution in [1.29, 1.82) is 0 Å². The molecule has 0 aliphatic rings. The molecule has 0 aliphatic heterocycles. The lowest BCUT2D eigenvalue weighted by atomic mass is 10.1. The predicted molar refractivity (Wildman–Crippen MR) is 97.2 cm³/mol. The van der Waals surface area contributed by atoms with E-state index in [-0.39, 0.29) is 5.69 Å². The summed E-state index contributed by atoms with van der Waals surface area (Å²) in [5.74, 6) is -1.24. The van der Waals surface area contributed by atoms with Gasteiger partial charge in [-0.25, -0.2) is 9.89 Å². The van der Waals surface area contributed by atoms with Gasteiger partial charge in [-0.1, -0.05) is 36.4 Å². The molecule has 1 heterocycles. The van der Waals surface area contributed by atoms with Crippen LogP contribution in [0.1, 0.15) is 21.6 Å². The maximum absolute atomic E-state index is 12.3. The number of aryl methyl sites for hydroxylation is 2. The molecular formula is C19H17N3O4. The van der Waals surface area contributed by atoms with Crippen LogP contribution in [0.25, 0.3) is 10.8 Å². The zero-order valence-electron chi connectivity index (χ0n) is 14.3. The first kappa shape index (κ1) is 17.3. The van der Waals surface area contributed by atoms with E-state index in [4.69, 9.17) is 4.74 Å². The van der Waals surface area contributed by atoms with Crippen LogP contribution in [0.5, 0.6) is 0 Å². The summed E-state index contributed by atoms with van der Waals surface area (Å²) >= 11 is 0. The fourth-order valence-electron chi connectivity index (χ4n) is 2.66. The molecule has 0 fully saturated rings. The van der Waals surface area contributed by atoms with Gasteiger partial charge < -0.3 is 10.1 Å². The SMILES string of the molecule is Cc1cccc(C)c1NC(=O)COC(=O)c1n[nH]c(=O)c2ccccc12. The molecule has 0 aliphatic carbocycles. The Hall–Kier alpha value is -3.48. The summed E-state index contributed by atoms with van der Waals surface area (Å²) in [6.07, 6.45) is 0. The van der Waals surface area contributed by atoms with Gasteiger partial charge in [-0.05, 0) is 31.0 Å². The molecule has 0 bridgehead atoms. The average molecular weight is 351 g/mol. The van der Waals surface area contributed by atoms with Crippen LogP contribution in [0.3, 0.4) is 0 Å². The molecule has 132 valence electrons. The van der Waals surface area contributed by atoms with Gasteiger partial charge in [-0.15, -0.1) is 0 Å². The first-order valence-corrected chi connectivity index (χ1v) is 7.98. The molecule has 0 unspecified atom stereocenters. The van der Waals surface area contributed by atoms with Crippen LogP contribution in [-0.2, 0) is 9.53 Å². The van der Waals surface area contributed by atoms with Crippen LogP contribution < -0.4 is 10.9 Å². The quantitative estimate of drug-likeness (QED) is 0.703. The molecule has 1 amide bonds. The Balaban J connectivity index is 1.73. The Morgan fingerprint density at radius 3 is 2.38 bits per heavy atom. The van der Waals surface area contributed by atoms with E-state index in [1.165, 1.54) is 0 Å². The van der Waals surface area contributed by atoms with Gasteiger partial charge >= 0.3 is 5.97 Å². The third-order valence-electron chi connectivity index (χ3n) is 3.97. The minimum Gasteiger partial charge on any atom is -0.451 e. The van der Waals surface area contributed by atoms with Crippen molar-refractivity contribution < 1.29 is 14.3 Å². The number of carbonyl (C=O) groups is 2. The van der Waals surface area contributed by atoms with Crippen molar-refractivity contribution in [2.24, 2.45) is 0 Å². The Kier molecular flexibility index (Phi) is 4.79. The number of nitrogens with zero attached hydrogens (tertiary/aromatic N) is 1. The highest BCUT2D eigenvalue weighted by Gasteiger charge is 2.17. The fraction of sp³-hybridized carbons (Fsp3) is 0.158. The topological polar surface area (TPSA) is 101 Å². The molecule has 2 aromatic carbocycles. The molecule has 0 saturated heterocycles. The summed E-state index contributed by atoms with van der Waals surface area (Å²) in [7, 11) is 0. The zero-order valence-corrected chi connectivity index (χ0v) is 14.3. The fourth-order valence-corrected chi connectivity index (χ4v) is 2.66. The molecule has 3 aromatic rings. The second-order valence-electron chi connectivity index (χ2n) is 5.84. The monoisotopic (exact) mass is 351 g/mol. The van der Waals surface area contributed by atoms with E-state index >= 15 is 0 Å². The molecule has 7 nitrogen and oxygen atoms in total. The maximum Gasteiger partial charge on any atom is 0.359 e. The highest BCUT2D eigenvalue weighted by Crippen LogP contribution is 2.19. The number of rotatable bonds is 4. The minimum atomic E-state index is -0.783. The van der Waals surface area contributed by atoms with E-state index in [0.29, 0.717) is 16.5 Å².